The Balaban J connectivity index is 1.34. The largest absolute Gasteiger partial charge is 0.378 e. The van der Waals surface area contributed by atoms with Crippen LogP contribution in [-0.2, 0) is 16.0 Å². The maximum absolute atomic E-state index is 12.8. The zero-order chi connectivity index (χ0) is 27.4. The fraction of sp³-hybridized carbons (Fsp3) is 0.333. The van der Waals surface area contributed by atoms with Gasteiger partial charge in [0.05, 0.1) is 30.9 Å². The Kier molecular flexibility index (Phi) is 7.60. The van der Waals surface area contributed by atoms with Crippen molar-refractivity contribution in [3.63, 3.8) is 0 Å². The number of benzene rings is 1. The zero-order valence-electron chi connectivity index (χ0n) is 22.6. The number of morpholine rings is 1. The lowest BCUT2D eigenvalue weighted by atomic mass is 9.97. The Morgan fingerprint density at radius 2 is 1.85 bits per heavy atom. The maximum Gasteiger partial charge on any atom is 0.255 e. The summed E-state index contributed by atoms with van der Waals surface area (Å²) in [5, 5.41) is 6.38. The Labute approximate surface area is 228 Å². The van der Waals surface area contributed by atoms with E-state index < -0.39 is 0 Å². The summed E-state index contributed by atoms with van der Waals surface area (Å²) < 4.78 is 7.30. The highest BCUT2D eigenvalue weighted by Crippen LogP contribution is 2.28. The van der Waals surface area contributed by atoms with Crippen LogP contribution in [0.25, 0.3) is 16.8 Å². The van der Waals surface area contributed by atoms with Gasteiger partial charge in [-0.05, 0) is 34.7 Å². The molecule has 9 nitrogen and oxygen atoms in total. The molecule has 202 valence electrons. The molecular weight excluding hydrogens is 492 g/mol. The third-order valence-corrected chi connectivity index (χ3v) is 6.50. The smallest absolute Gasteiger partial charge is 0.255 e. The monoisotopic (exact) mass is 526 g/mol. The van der Waals surface area contributed by atoms with Gasteiger partial charge in [0.25, 0.3) is 5.91 Å². The lowest BCUT2D eigenvalue weighted by Gasteiger charge is -2.26. The number of nitrogens with one attached hydrogen (secondary N) is 2. The van der Waals surface area contributed by atoms with E-state index in [4.69, 9.17) is 4.74 Å². The molecule has 2 amide bonds. The van der Waals surface area contributed by atoms with Gasteiger partial charge in [-0.3, -0.25) is 9.59 Å². The molecule has 0 aliphatic carbocycles. The van der Waals surface area contributed by atoms with Crippen LogP contribution in [0.2, 0.25) is 0 Å². The SMILES string of the molecule is CC(C)(C)CNC(=O)Cc1cccc(-c2cc(Nc3ccc(C(=O)N4CCOCC4)cn3)c3nccn3c2)c1. The molecule has 9 heteroatoms. The molecule has 0 unspecified atom stereocenters. The van der Waals surface area contributed by atoms with E-state index in [2.05, 4.69) is 41.4 Å². The molecule has 0 radical (unpaired) electrons. The number of carbonyl (C=O) groups excluding carboxylic acids is 2. The van der Waals surface area contributed by atoms with Gasteiger partial charge in [0, 0.05) is 50.0 Å². The number of rotatable bonds is 7. The van der Waals surface area contributed by atoms with Crippen molar-refractivity contribution in [3.05, 3.63) is 78.4 Å². The summed E-state index contributed by atoms with van der Waals surface area (Å²) in [6.07, 6.45) is 7.58. The molecule has 1 aliphatic heterocycles. The number of amides is 2. The molecule has 1 saturated heterocycles. The highest BCUT2D eigenvalue weighted by molar-refractivity contribution is 5.94. The van der Waals surface area contributed by atoms with Crippen molar-refractivity contribution >= 4 is 29.0 Å². The zero-order valence-corrected chi connectivity index (χ0v) is 22.6. The van der Waals surface area contributed by atoms with Gasteiger partial charge >= 0.3 is 0 Å². The predicted octanol–water partition coefficient (Wildman–Crippen LogP) is 4.32. The summed E-state index contributed by atoms with van der Waals surface area (Å²) in [6.45, 7) is 9.22. The van der Waals surface area contributed by atoms with E-state index in [9.17, 15) is 9.59 Å². The highest BCUT2D eigenvalue weighted by Gasteiger charge is 2.19. The molecule has 1 aliphatic rings. The van der Waals surface area contributed by atoms with Crippen molar-refractivity contribution in [3.8, 4) is 11.1 Å². The van der Waals surface area contributed by atoms with Gasteiger partial charge in [-0.1, -0.05) is 45.0 Å². The van der Waals surface area contributed by atoms with Crippen LogP contribution in [0.4, 0.5) is 11.5 Å². The van der Waals surface area contributed by atoms with Crippen molar-refractivity contribution in [1.82, 2.24) is 24.6 Å². The normalized spacial score (nSPS) is 13.9. The third kappa shape index (κ3) is 6.61. The Hall–Kier alpha value is -4.24. The second kappa shape index (κ2) is 11.2. The summed E-state index contributed by atoms with van der Waals surface area (Å²) in [5.74, 6) is 0.581. The molecular formula is C30H34N6O3. The van der Waals surface area contributed by atoms with Crippen LogP contribution >= 0.6 is 0 Å². The average Bonchev–Trinajstić information content (AvgIpc) is 3.42. The standard InChI is InChI=1S/C30H34N6O3/c1-30(2,3)20-33-27(37)16-21-5-4-6-22(15-21)24-17-25(28-31-9-10-36(28)19-24)34-26-8-7-23(18-32-26)29(38)35-11-13-39-14-12-35/h4-10,15,17-19H,11-14,16,20H2,1-3H3,(H,32,34)(H,33,37). The van der Waals surface area contributed by atoms with Crippen LogP contribution in [0, 0.1) is 5.41 Å². The molecule has 5 rings (SSSR count). The number of ether oxygens (including phenoxy) is 1. The van der Waals surface area contributed by atoms with Gasteiger partial charge in [0.15, 0.2) is 5.65 Å². The number of nitrogens with zero attached hydrogens (tertiary/aromatic N) is 4. The molecule has 2 N–H and O–H groups in total. The number of imidazole rings is 1. The molecule has 0 spiro atoms. The summed E-state index contributed by atoms with van der Waals surface area (Å²) in [5.41, 5.74) is 5.03. The first-order valence-electron chi connectivity index (χ1n) is 13.2. The molecule has 4 aromatic rings. The first-order chi connectivity index (χ1) is 18.7. The number of fused-ring (bicyclic) bond motifs is 1. The van der Waals surface area contributed by atoms with E-state index in [-0.39, 0.29) is 17.2 Å². The molecule has 4 heterocycles. The van der Waals surface area contributed by atoms with Crippen molar-refractivity contribution in [1.29, 1.82) is 0 Å². The van der Waals surface area contributed by atoms with Gasteiger partial charge < -0.3 is 24.7 Å². The highest BCUT2D eigenvalue weighted by atomic mass is 16.5. The molecule has 1 aromatic carbocycles. The lowest BCUT2D eigenvalue weighted by Crippen LogP contribution is -2.40. The van der Waals surface area contributed by atoms with Crippen molar-refractivity contribution in [2.75, 3.05) is 38.2 Å². The van der Waals surface area contributed by atoms with Crippen molar-refractivity contribution < 1.29 is 14.3 Å². The number of pyridine rings is 2. The second-order valence-corrected chi connectivity index (χ2v) is 11.0. The second-order valence-electron chi connectivity index (χ2n) is 11.0. The van der Waals surface area contributed by atoms with Crippen LogP contribution in [0.3, 0.4) is 0 Å². The molecule has 1 fully saturated rings. The number of hydrogen-bond donors (Lipinski definition) is 2. The number of hydrogen-bond acceptors (Lipinski definition) is 6. The number of carbonyl (C=O) groups is 2. The molecule has 0 atom stereocenters. The lowest BCUT2D eigenvalue weighted by molar-refractivity contribution is -0.120. The van der Waals surface area contributed by atoms with E-state index in [1.54, 1.807) is 29.4 Å². The van der Waals surface area contributed by atoms with Crippen LogP contribution in [0.1, 0.15) is 36.7 Å². The van der Waals surface area contributed by atoms with Crippen LogP contribution in [0.15, 0.2) is 67.3 Å². The number of aromatic nitrogens is 3. The van der Waals surface area contributed by atoms with Gasteiger partial charge in [0.1, 0.15) is 5.82 Å². The predicted molar refractivity (Wildman–Crippen MR) is 151 cm³/mol. The molecule has 0 bridgehead atoms. The third-order valence-electron chi connectivity index (χ3n) is 6.50. The Morgan fingerprint density at radius 3 is 2.59 bits per heavy atom. The van der Waals surface area contributed by atoms with E-state index in [1.165, 1.54) is 0 Å². The quantitative estimate of drug-likeness (QED) is 0.372. The van der Waals surface area contributed by atoms with Gasteiger partial charge in [-0.2, -0.15) is 0 Å². The first-order valence-corrected chi connectivity index (χ1v) is 13.2. The van der Waals surface area contributed by atoms with Crippen molar-refractivity contribution in [2.24, 2.45) is 5.41 Å². The summed E-state index contributed by atoms with van der Waals surface area (Å²) in [7, 11) is 0. The topological polar surface area (TPSA) is 101 Å². The molecule has 3 aromatic heterocycles. The van der Waals surface area contributed by atoms with Crippen LogP contribution in [-0.4, -0.2) is 63.9 Å². The maximum atomic E-state index is 12.8. The fourth-order valence-electron chi connectivity index (χ4n) is 4.44. The minimum atomic E-state index is -0.0398. The first kappa shape index (κ1) is 26.4. The van der Waals surface area contributed by atoms with Gasteiger partial charge in [-0.25, -0.2) is 9.97 Å². The molecule has 0 saturated carbocycles. The van der Waals surface area contributed by atoms with Gasteiger partial charge in [0.2, 0.25) is 5.91 Å². The van der Waals surface area contributed by atoms with E-state index >= 15 is 0 Å². The van der Waals surface area contributed by atoms with Crippen molar-refractivity contribution in [2.45, 2.75) is 27.2 Å². The summed E-state index contributed by atoms with van der Waals surface area (Å²) >= 11 is 0. The summed E-state index contributed by atoms with van der Waals surface area (Å²) in [6, 6.07) is 13.6. The Morgan fingerprint density at radius 1 is 1.03 bits per heavy atom. The number of anilines is 2. The van der Waals surface area contributed by atoms with E-state index in [0.29, 0.717) is 50.7 Å². The van der Waals surface area contributed by atoms with E-state index in [1.807, 2.05) is 47.1 Å². The van der Waals surface area contributed by atoms with E-state index in [0.717, 1.165) is 28.0 Å². The van der Waals surface area contributed by atoms with Crippen LogP contribution < -0.4 is 10.6 Å². The fourth-order valence-corrected chi connectivity index (χ4v) is 4.44. The molecule has 39 heavy (non-hydrogen) atoms. The average molecular weight is 527 g/mol. The minimum absolute atomic E-state index is 0.0103. The van der Waals surface area contributed by atoms with Crippen LogP contribution in [0.5, 0.6) is 0 Å². The van der Waals surface area contributed by atoms with Gasteiger partial charge in [-0.15, -0.1) is 0 Å². The minimum Gasteiger partial charge on any atom is -0.378 e. The Bertz CT molecular complexity index is 1470. The summed E-state index contributed by atoms with van der Waals surface area (Å²) in [4.78, 5) is 36.0.